The summed E-state index contributed by atoms with van der Waals surface area (Å²) in [6.45, 7) is 0.121. The van der Waals surface area contributed by atoms with Crippen LogP contribution in [0.3, 0.4) is 0 Å². The monoisotopic (exact) mass is 326 g/mol. The Morgan fingerprint density at radius 1 is 1.41 bits per heavy atom. The molecule has 0 radical (unpaired) electrons. The topological polar surface area (TPSA) is 59.0 Å². The first-order valence-corrected chi connectivity index (χ1v) is 6.51. The van der Waals surface area contributed by atoms with E-state index in [1.54, 1.807) is 12.2 Å². The molecule has 0 spiro atoms. The van der Waals surface area contributed by atoms with Crippen molar-refractivity contribution >= 4 is 11.8 Å². The number of nitrogens with zero attached hydrogens (tertiary/aromatic N) is 2. The van der Waals surface area contributed by atoms with Crippen LogP contribution in [0.5, 0.6) is 0 Å². The van der Waals surface area contributed by atoms with Gasteiger partial charge in [0.25, 0.3) is 0 Å². The number of carbonyl (C=O) groups excluding carboxylic acids is 1. The Balaban J connectivity index is 2.03. The molecule has 1 saturated carbocycles. The number of amides is 2. The molecule has 1 fully saturated rings. The molecular formula is C12H15F5N4O. The van der Waals surface area contributed by atoms with Crippen LogP contribution in [0.4, 0.5) is 32.6 Å². The number of hydrogen-bond acceptors (Lipinski definition) is 2. The summed E-state index contributed by atoms with van der Waals surface area (Å²) < 4.78 is 63.1. The number of nitrogens with one attached hydrogen (secondary N) is 2. The second-order valence-corrected chi connectivity index (χ2v) is 5.37. The van der Waals surface area contributed by atoms with Crippen LogP contribution in [-0.2, 0) is 7.05 Å². The number of carbonyl (C=O) groups is 1. The van der Waals surface area contributed by atoms with Crippen LogP contribution in [0.15, 0.2) is 0 Å². The van der Waals surface area contributed by atoms with Gasteiger partial charge >= 0.3 is 12.2 Å². The zero-order valence-electron chi connectivity index (χ0n) is 11.9. The molecule has 0 unspecified atom stereocenters. The summed E-state index contributed by atoms with van der Waals surface area (Å²) in [5.74, 6) is -2.92. The van der Waals surface area contributed by atoms with E-state index in [9.17, 15) is 26.7 Å². The van der Waals surface area contributed by atoms with Gasteiger partial charge in [0, 0.05) is 31.4 Å². The van der Waals surface area contributed by atoms with E-state index in [0.717, 1.165) is 0 Å². The fourth-order valence-corrected chi connectivity index (χ4v) is 2.40. The van der Waals surface area contributed by atoms with Gasteiger partial charge in [-0.3, -0.25) is 10.00 Å². The van der Waals surface area contributed by atoms with Crippen LogP contribution in [0.1, 0.15) is 30.0 Å². The first-order valence-electron chi connectivity index (χ1n) is 6.51. The molecule has 1 aromatic rings. The largest absolute Gasteiger partial charge is 0.405 e. The van der Waals surface area contributed by atoms with Crippen LogP contribution >= 0.6 is 0 Å². The Morgan fingerprint density at radius 2 is 2.00 bits per heavy atom. The third-order valence-electron chi connectivity index (χ3n) is 3.48. The highest BCUT2D eigenvalue weighted by Crippen LogP contribution is 2.49. The van der Waals surface area contributed by atoms with Gasteiger partial charge in [0.15, 0.2) is 0 Å². The molecular weight excluding hydrogens is 311 g/mol. The van der Waals surface area contributed by atoms with Gasteiger partial charge in [0.1, 0.15) is 12.4 Å². The Bertz CT molecular complexity index is 573. The molecule has 0 aromatic carbocycles. The molecule has 5 nitrogen and oxygen atoms in total. The zero-order valence-corrected chi connectivity index (χ0v) is 11.9. The summed E-state index contributed by atoms with van der Waals surface area (Å²) in [5.41, 5.74) is 0.907. The van der Waals surface area contributed by atoms with Crippen molar-refractivity contribution in [1.29, 1.82) is 0 Å². The quantitative estimate of drug-likeness (QED) is 0.839. The van der Waals surface area contributed by atoms with Crippen molar-refractivity contribution in [2.24, 2.45) is 7.05 Å². The summed E-state index contributed by atoms with van der Waals surface area (Å²) in [5, 5.41) is 8.01. The van der Waals surface area contributed by atoms with Crippen molar-refractivity contribution in [2.75, 3.05) is 11.9 Å². The van der Waals surface area contributed by atoms with Crippen molar-refractivity contribution in [3.8, 4) is 0 Å². The van der Waals surface area contributed by atoms with E-state index < -0.39 is 30.6 Å². The van der Waals surface area contributed by atoms with Gasteiger partial charge in [0.2, 0.25) is 5.92 Å². The van der Waals surface area contributed by atoms with Crippen molar-refractivity contribution in [2.45, 2.75) is 37.8 Å². The van der Waals surface area contributed by atoms with E-state index in [-0.39, 0.29) is 18.7 Å². The number of rotatable bonds is 3. The number of urea groups is 1. The Hall–Kier alpha value is -1.87. The minimum absolute atomic E-state index is 0.185. The molecule has 10 heteroatoms. The number of aryl methyl sites for hydroxylation is 1. The maximum Gasteiger partial charge on any atom is 0.405 e. The molecule has 0 aliphatic heterocycles. The number of hydrogen-bond donors (Lipinski definition) is 2. The molecule has 0 saturated heterocycles. The lowest BCUT2D eigenvalue weighted by atomic mass is 9.78. The number of halogens is 5. The number of aromatic nitrogens is 2. The zero-order chi connectivity index (χ0) is 16.7. The normalized spacial score (nSPS) is 18.0. The van der Waals surface area contributed by atoms with Crippen LogP contribution in [0.25, 0.3) is 0 Å². The van der Waals surface area contributed by atoms with E-state index in [1.807, 2.05) is 0 Å². The third-order valence-corrected chi connectivity index (χ3v) is 3.48. The minimum atomic E-state index is -4.51. The summed E-state index contributed by atoms with van der Waals surface area (Å²) in [6.07, 6.45) is -5.14. The van der Waals surface area contributed by atoms with Gasteiger partial charge in [-0.25, -0.2) is 13.6 Å². The lowest BCUT2D eigenvalue weighted by Crippen LogP contribution is -2.37. The predicted octanol–water partition coefficient (Wildman–Crippen LogP) is 2.93. The lowest BCUT2D eigenvalue weighted by molar-refractivity contribution is -0.122. The first-order chi connectivity index (χ1) is 9.98. The van der Waals surface area contributed by atoms with Crippen LogP contribution in [0, 0.1) is 6.92 Å². The predicted molar refractivity (Wildman–Crippen MR) is 67.9 cm³/mol. The maximum atomic E-state index is 12.9. The van der Waals surface area contributed by atoms with Crippen molar-refractivity contribution in [1.82, 2.24) is 15.1 Å². The molecule has 1 aromatic heterocycles. The van der Waals surface area contributed by atoms with Gasteiger partial charge in [-0.2, -0.15) is 18.3 Å². The average molecular weight is 326 g/mol. The Kier molecular flexibility index (Phi) is 4.05. The molecule has 1 aliphatic rings. The van der Waals surface area contributed by atoms with Gasteiger partial charge in [-0.1, -0.05) is 0 Å². The van der Waals surface area contributed by atoms with E-state index in [0.29, 0.717) is 11.3 Å². The fraction of sp³-hybridized carbons (Fsp3) is 0.667. The molecule has 1 heterocycles. The first kappa shape index (κ1) is 16.5. The molecule has 2 N–H and O–H groups in total. The van der Waals surface area contributed by atoms with Gasteiger partial charge in [-0.05, 0) is 6.92 Å². The van der Waals surface area contributed by atoms with Crippen molar-refractivity contribution in [3.63, 3.8) is 0 Å². The summed E-state index contributed by atoms with van der Waals surface area (Å²) >= 11 is 0. The third kappa shape index (κ3) is 3.66. The van der Waals surface area contributed by atoms with E-state index in [4.69, 9.17) is 0 Å². The van der Waals surface area contributed by atoms with Gasteiger partial charge in [-0.15, -0.1) is 0 Å². The molecule has 22 heavy (non-hydrogen) atoms. The van der Waals surface area contributed by atoms with Crippen molar-refractivity contribution in [3.05, 3.63) is 11.3 Å². The molecule has 2 rings (SSSR count). The highest BCUT2D eigenvalue weighted by molar-refractivity contribution is 5.89. The SMILES string of the molecule is Cc1c(C2CC(F)(F)C2)nn(C)c1NC(=O)NCC(F)(F)F. The number of alkyl halides is 5. The summed E-state index contributed by atoms with van der Waals surface area (Å²) in [7, 11) is 1.48. The average Bonchev–Trinajstić information content (AvgIpc) is 2.60. The van der Waals surface area contributed by atoms with Crippen LogP contribution in [-0.4, -0.2) is 34.5 Å². The minimum Gasteiger partial charge on any atom is -0.329 e. The smallest absolute Gasteiger partial charge is 0.329 e. The number of anilines is 1. The molecule has 2 amide bonds. The van der Waals surface area contributed by atoms with Gasteiger partial charge in [0.05, 0.1) is 5.69 Å². The molecule has 0 bridgehead atoms. The fourth-order valence-electron chi connectivity index (χ4n) is 2.40. The standard InChI is InChI=1S/C12H15F5N4O/c1-6-8(7-3-11(13,14)4-7)20-21(2)9(6)19-10(22)18-5-12(15,16)17/h7H,3-5H2,1-2H3,(H2,18,19,22). The second-order valence-electron chi connectivity index (χ2n) is 5.37. The van der Waals surface area contributed by atoms with E-state index in [1.165, 1.54) is 11.7 Å². The second kappa shape index (κ2) is 5.40. The Labute approximate surface area is 122 Å². The Morgan fingerprint density at radius 3 is 2.50 bits per heavy atom. The summed E-state index contributed by atoms with van der Waals surface area (Å²) in [6, 6.07) is -1.03. The lowest BCUT2D eigenvalue weighted by Gasteiger charge is -2.34. The molecule has 124 valence electrons. The van der Waals surface area contributed by atoms with Gasteiger partial charge < -0.3 is 5.32 Å². The summed E-state index contributed by atoms with van der Waals surface area (Å²) in [4.78, 5) is 11.4. The molecule has 1 aliphatic carbocycles. The highest BCUT2D eigenvalue weighted by atomic mass is 19.4. The van der Waals surface area contributed by atoms with E-state index >= 15 is 0 Å². The molecule has 0 atom stereocenters. The maximum absolute atomic E-state index is 12.9. The van der Waals surface area contributed by atoms with Crippen molar-refractivity contribution < 1.29 is 26.7 Å². The van der Waals surface area contributed by atoms with Crippen LogP contribution in [0.2, 0.25) is 0 Å². The van der Waals surface area contributed by atoms with E-state index in [2.05, 4.69) is 10.4 Å². The van der Waals surface area contributed by atoms with Crippen LogP contribution < -0.4 is 10.6 Å². The highest BCUT2D eigenvalue weighted by Gasteiger charge is 2.47.